The van der Waals surface area contributed by atoms with Crippen molar-refractivity contribution in [2.75, 3.05) is 35.6 Å². The number of amides is 1. The van der Waals surface area contributed by atoms with E-state index in [4.69, 9.17) is 10.5 Å². The van der Waals surface area contributed by atoms with Gasteiger partial charge in [0.05, 0.1) is 18.0 Å². The van der Waals surface area contributed by atoms with Gasteiger partial charge in [0.2, 0.25) is 0 Å². The molecule has 5 heteroatoms. The van der Waals surface area contributed by atoms with E-state index in [-0.39, 0.29) is 5.91 Å². The molecule has 0 bridgehead atoms. The van der Waals surface area contributed by atoms with Crippen molar-refractivity contribution in [3.05, 3.63) is 48.0 Å². The van der Waals surface area contributed by atoms with Gasteiger partial charge < -0.3 is 20.7 Å². The van der Waals surface area contributed by atoms with E-state index in [2.05, 4.69) is 31.0 Å². The summed E-state index contributed by atoms with van der Waals surface area (Å²) in [5, 5.41) is 3.00. The molecule has 0 aromatic heterocycles. The van der Waals surface area contributed by atoms with Gasteiger partial charge >= 0.3 is 0 Å². The molecule has 2 aromatic rings. The van der Waals surface area contributed by atoms with Gasteiger partial charge in [-0.1, -0.05) is 19.4 Å². The van der Waals surface area contributed by atoms with Crippen LogP contribution in [0.4, 0.5) is 17.1 Å². The van der Waals surface area contributed by atoms with Gasteiger partial charge in [0.1, 0.15) is 5.75 Å². The Kier molecular flexibility index (Phi) is 7.33. The van der Waals surface area contributed by atoms with Crippen LogP contribution in [0.5, 0.6) is 5.75 Å². The number of benzene rings is 2. The van der Waals surface area contributed by atoms with E-state index in [9.17, 15) is 4.79 Å². The van der Waals surface area contributed by atoms with Gasteiger partial charge in [0.25, 0.3) is 5.91 Å². The number of rotatable bonds is 9. The van der Waals surface area contributed by atoms with Crippen LogP contribution in [0.2, 0.25) is 0 Å². The number of nitrogen functional groups attached to an aromatic ring is 1. The largest absolute Gasteiger partial charge is 0.494 e. The molecule has 0 aliphatic heterocycles. The standard InChI is InChI=1S/C21H29N3O2/c1-4-7-13-26-18-10-8-9-16(14-18)21(25)23-19-15-17(22)11-12-20(19)24(5-2)6-3/h8-12,14-15H,4-7,13,22H2,1-3H3,(H,23,25). The van der Waals surface area contributed by atoms with Crippen LogP contribution in [0.3, 0.4) is 0 Å². The normalized spacial score (nSPS) is 10.4. The summed E-state index contributed by atoms with van der Waals surface area (Å²) in [6.45, 7) is 8.65. The average molecular weight is 355 g/mol. The summed E-state index contributed by atoms with van der Waals surface area (Å²) in [5.41, 5.74) is 8.79. The zero-order valence-electron chi connectivity index (χ0n) is 15.9. The van der Waals surface area contributed by atoms with Crippen molar-refractivity contribution < 1.29 is 9.53 Å². The van der Waals surface area contributed by atoms with Crippen LogP contribution in [0.1, 0.15) is 44.0 Å². The van der Waals surface area contributed by atoms with Crippen molar-refractivity contribution in [3.63, 3.8) is 0 Å². The van der Waals surface area contributed by atoms with Crippen molar-refractivity contribution in [1.82, 2.24) is 0 Å². The first-order valence-electron chi connectivity index (χ1n) is 9.27. The molecule has 0 spiro atoms. The molecule has 140 valence electrons. The number of nitrogens with zero attached hydrogens (tertiary/aromatic N) is 1. The maximum Gasteiger partial charge on any atom is 0.255 e. The third-order valence-corrected chi connectivity index (χ3v) is 4.24. The summed E-state index contributed by atoms with van der Waals surface area (Å²) in [7, 11) is 0. The van der Waals surface area contributed by atoms with E-state index in [1.807, 2.05) is 24.3 Å². The second kappa shape index (κ2) is 9.70. The lowest BCUT2D eigenvalue weighted by molar-refractivity contribution is 0.102. The van der Waals surface area contributed by atoms with E-state index < -0.39 is 0 Å². The summed E-state index contributed by atoms with van der Waals surface area (Å²) >= 11 is 0. The SMILES string of the molecule is CCCCOc1cccc(C(=O)Nc2cc(N)ccc2N(CC)CC)c1. The van der Waals surface area contributed by atoms with Crippen molar-refractivity contribution >= 4 is 23.0 Å². The fourth-order valence-corrected chi connectivity index (χ4v) is 2.75. The lowest BCUT2D eigenvalue weighted by Crippen LogP contribution is -2.24. The van der Waals surface area contributed by atoms with Gasteiger partial charge in [0.15, 0.2) is 0 Å². The predicted octanol–water partition coefficient (Wildman–Crippen LogP) is 4.55. The Morgan fingerprint density at radius 3 is 2.58 bits per heavy atom. The summed E-state index contributed by atoms with van der Waals surface area (Å²) < 4.78 is 5.70. The van der Waals surface area contributed by atoms with Gasteiger partial charge in [0, 0.05) is 24.3 Å². The molecule has 0 aliphatic rings. The van der Waals surface area contributed by atoms with Gasteiger partial charge in [-0.25, -0.2) is 0 Å². The number of ether oxygens (including phenoxy) is 1. The Balaban J connectivity index is 2.19. The second-order valence-electron chi connectivity index (χ2n) is 6.13. The number of nitrogens with two attached hydrogens (primary N) is 1. The quantitative estimate of drug-likeness (QED) is 0.512. The molecule has 0 heterocycles. The third kappa shape index (κ3) is 5.15. The van der Waals surface area contributed by atoms with Gasteiger partial charge in [-0.15, -0.1) is 0 Å². The number of hydrogen-bond acceptors (Lipinski definition) is 4. The molecule has 0 radical (unpaired) electrons. The molecule has 1 amide bonds. The Labute approximate surface area is 156 Å². The molecule has 2 aromatic carbocycles. The molecule has 2 rings (SSSR count). The summed E-state index contributed by atoms with van der Waals surface area (Å²) in [6.07, 6.45) is 2.07. The van der Waals surface area contributed by atoms with E-state index in [1.165, 1.54) is 0 Å². The summed E-state index contributed by atoms with van der Waals surface area (Å²) in [6, 6.07) is 12.9. The topological polar surface area (TPSA) is 67.6 Å². The van der Waals surface area contributed by atoms with Crippen LogP contribution in [0, 0.1) is 0 Å². The number of carbonyl (C=O) groups excluding carboxylic acids is 1. The van der Waals surface area contributed by atoms with Crippen LogP contribution in [-0.2, 0) is 0 Å². The van der Waals surface area contributed by atoms with Gasteiger partial charge in [-0.05, 0) is 56.7 Å². The number of hydrogen-bond donors (Lipinski definition) is 2. The Hall–Kier alpha value is -2.69. The monoisotopic (exact) mass is 355 g/mol. The Morgan fingerprint density at radius 1 is 1.12 bits per heavy atom. The molecular formula is C21H29N3O2. The maximum atomic E-state index is 12.7. The Morgan fingerprint density at radius 2 is 1.88 bits per heavy atom. The molecule has 0 saturated carbocycles. The number of unbranched alkanes of at least 4 members (excludes halogenated alkanes) is 1. The zero-order chi connectivity index (χ0) is 18.9. The van der Waals surface area contributed by atoms with Gasteiger partial charge in [-0.3, -0.25) is 4.79 Å². The van der Waals surface area contributed by atoms with Crippen molar-refractivity contribution in [3.8, 4) is 5.75 Å². The first-order valence-corrected chi connectivity index (χ1v) is 9.27. The molecule has 0 saturated heterocycles. The smallest absolute Gasteiger partial charge is 0.255 e. The molecule has 3 N–H and O–H groups in total. The molecule has 0 unspecified atom stereocenters. The highest BCUT2D eigenvalue weighted by Crippen LogP contribution is 2.29. The highest BCUT2D eigenvalue weighted by atomic mass is 16.5. The van der Waals surface area contributed by atoms with Crippen molar-refractivity contribution in [2.24, 2.45) is 0 Å². The lowest BCUT2D eigenvalue weighted by Gasteiger charge is -2.24. The predicted molar refractivity (Wildman–Crippen MR) is 109 cm³/mol. The van der Waals surface area contributed by atoms with Crippen LogP contribution >= 0.6 is 0 Å². The number of carbonyl (C=O) groups is 1. The number of anilines is 3. The second-order valence-corrected chi connectivity index (χ2v) is 6.13. The molecule has 5 nitrogen and oxygen atoms in total. The fraction of sp³-hybridized carbons (Fsp3) is 0.381. The number of nitrogens with one attached hydrogen (secondary N) is 1. The van der Waals surface area contributed by atoms with Crippen LogP contribution in [-0.4, -0.2) is 25.6 Å². The van der Waals surface area contributed by atoms with Crippen LogP contribution in [0.15, 0.2) is 42.5 Å². The van der Waals surface area contributed by atoms with E-state index in [0.717, 1.165) is 37.3 Å². The van der Waals surface area contributed by atoms with Gasteiger partial charge in [-0.2, -0.15) is 0 Å². The molecule has 26 heavy (non-hydrogen) atoms. The van der Waals surface area contributed by atoms with Crippen molar-refractivity contribution in [1.29, 1.82) is 0 Å². The van der Waals surface area contributed by atoms with E-state index >= 15 is 0 Å². The summed E-state index contributed by atoms with van der Waals surface area (Å²) in [5.74, 6) is 0.535. The minimum absolute atomic E-state index is 0.176. The maximum absolute atomic E-state index is 12.7. The molecular weight excluding hydrogens is 326 g/mol. The average Bonchev–Trinajstić information content (AvgIpc) is 2.65. The molecule has 0 fully saturated rings. The summed E-state index contributed by atoms with van der Waals surface area (Å²) in [4.78, 5) is 14.9. The molecule has 0 atom stereocenters. The van der Waals surface area contributed by atoms with E-state index in [0.29, 0.717) is 23.6 Å². The Bertz CT molecular complexity index is 727. The van der Waals surface area contributed by atoms with Crippen molar-refractivity contribution in [2.45, 2.75) is 33.6 Å². The van der Waals surface area contributed by atoms with Crippen LogP contribution in [0.25, 0.3) is 0 Å². The third-order valence-electron chi connectivity index (χ3n) is 4.24. The highest BCUT2D eigenvalue weighted by molar-refractivity contribution is 6.06. The minimum atomic E-state index is -0.176. The van der Waals surface area contributed by atoms with Crippen LogP contribution < -0.4 is 20.7 Å². The minimum Gasteiger partial charge on any atom is -0.494 e. The van der Waals surface area contributed by atoms with E-state index in [1.54, 1.807) is 18.2 Å². The first kappa shape index (κ1) is 19.6. The first-order chi connectivity index (χ1) is 12.6. The molecule has 0 aliphatic carbocycles. The fourth-order valence-electron chi connectivity index (χ4n) is 2.75. The lowest BCUT2D eigenvalue weighted by atomic mass is 10.1. The highest BCUT2D eigenvalue weighted by Gasteiger charge is 2.13. The zero-order valence-corrected chi connectivity index (χ0v) is 15.9.